The number of hydrogen-bond acceptors (Lipinski definition) is 4. The van der Waals surface area contributed by atoms with Crippen molar-refractivity contribution in [1.29, 1.82) is 0 Å². The Morgan fingerprint density at radius 3 is 2.55 bits per heavy atom. The minimum absolute atomic E-state index is 0.159. The molecule has 1 amide bonds. The summed E-state index contributed by atoms with van der Waals surface area (Å²) >= 11 is 1.96. The third-order valence-corrected chi connectivity index (χ3v) is 5.48. The molecule has 1 saturated heterocycles. The molecule has 20 heavy (non-hydrogen) atoms. The Hall–Kier alpha value is -0.260. The van der Waals surface area contributed by atoms with Gasteiger partial charge in [0, 0.05) is 17.7 Å². The van der Waals surface area contributed by atoms with Crippen molar-refractivity contribution in [3.8, 4) is 0 Å². The third kappa shape index (κ3) is 5.62. The largest absolute Gasteiger partial charge is 0.378 e. The molecule has 1 aliphatic heterocycles. The van der Waals surface area contributed by atoms with Crippen LogP contribution in [-0.4, -0.2) is 49.3 Å². The second-order valence-electron chi connectivity index (χ2n) is 5.85. The third-order valence-electron chi connectivity index (χ3n) is 4.34. The van der Waals surface area contributed by atoms with Gasteiger partial charge in [0.1, 0.15) is 0 Å². The number of nitrogens with one attached hydrogen (secondary N) is 2. The van der Waals surface area contributed by atoms with Crippen molar-refractivity contribution in [1.82, 2.24) is 10.6 Å². The fourth-order valence-electron chi connectivity index (χ4n) is 3.02. The minimum atomic E-state index is 0.159. The molecule has 2 rings (SSSR count). The van der Waals surface area contributed by atoms with E-state index in [1.165, 1.54) is 12.8 Å². The summed E-state index contributed by atoms with van der Waals surface area (Å²) in [5.74, 6) is 0.159. The molecule has 1 heterocycles. The molecule has 0 bridgehead atoms. The van der Waals surface area contributed by atoms with Crippen molar-refractivity contribution in [3.63, 3.8) is 0 Å². The highest BCUT2D eigenvalue weighted by atomic mass is 32.2. The van der Waals surface area contributed by atoms with E-state index in [1.54, 1.807) is 0 Å². The molecule has 0 unspecified atom stereocenters. The van der Waals surface area contributed by atoms with Gasteiger partial charge in [-0.1, -0.05) is 0 Å². The normalized spacial score (nSPS) is 28.2. The maximum absolute atomic E-state index is 11.9. The van der Waals surface area contributed by atoms with E-state index in [9.17, 15) is 4.79 Å². The molecule has 0 aromatic carbocycles. The van der Waals surface area contributed by atoms with Crippen molar-refractivity contribution < 1.29 is 9.53 Å². The zero-order valence-corrected chi connectivity index (χ0v) is 13.3. The molecule has 1 saturated carbocycles. The molecule has 0 radical (unpaired) electrons. The number of piperidine rings is 1. The van der Waals surface area contributed by atoms with Gasteiger partial charge in [-0.2, -0.15) is 11.8 Å². The number of carbonyl (C=O) groups is 1. The Morgan fingerprint density at radius 2 is 1.90 bits per heavy atom. The highest BCUT2D eigenvalue weighted by Gasteiger charge is 2.21. The maximum atomic E-state index is 11.9. The Bertz CT molecular complexity index is 288. The predicted octanol–water partition coefficient (Wildman–Crippen LogP) is 1.94. The van der Waals surface area contributed by atoms with E-state index in [-0.39, 0.29) is 5.91 Å². The first-order valence-corrected chi connectivity index (χ1v) is 9.21. The van der Waals surface area contributed by atoms with Crippen LogP contribution in [0, 0.1) is 0 Å². The Balaban J connectivity index is 1.54. The minimum Gasteiger partial charge on any atom is -0.378 e. The molecule has 116 valence electrons. The number of hydrogen-bond donors (Lipinski definition) is 2. The summed E-state index contributed by atoms with van der Waals surface area (Å²) < 4.78 is 5.77. The summed E-state index contributed by atoms with van der Waals surface area (Å²) in [6, 6.07) is 0.393. The van der Waals surface area contributed by atoms with Crippen LogP contribution in [0.3, 0.4) is 0 Å². The van der Waals surface area contributed by atoms with Crippen LogP contribution in [0.1, 0.15) is 44.9 Å². The highest BCUT2D eigenvalue weighted by Crippen LogP contribution is 2.26. The van der Waals surface area contributed by atoms with E-state index >= 15 is 0 Å². The van der Waals surface area contributed by atoms with Gasteiger partial charge < -0.3 is 15.4 Å². The first-order valence-electron chi connectivity index (χ1n) is 7.92. The average Bonchev–Trinajstić information content (AvgIpc) is 2.49. The van der Waals surface area contributed by atoms with Crippen LogP contribution in [0.25, 0.3) is 0 Å². The van der Waals surface area contributed by atoms with Gasteiger partial charge in [0.25, 0.3) is 0 Å². The average molecular weight is 300 g/mol. The van der Waals surface area contributed by atoms with Crippen LogP contribution < -0.4 is 10.6 Å². The number of ether oxygens (including phenoxy) is 1. The summed E-state index contributed by atoms with van der Waals surface area (Å²) in [4.78, 5) is 11.9. The van der Waals surface area contributed by atoms with E-state index in [0.717, 1.165) is 44.0 Å². The van der Waals surface area contributed by atoms with E-state index < -0.39 is 0 Å². The van der Waals surface area contributed by atoms with Gasteiger partial charge in [0.15, 0.2) is 0 Å². The summed E-state index contributed by atoms with van der Waals surface area (Å²) in [6.45, 7) is 2.64. The van der Waals surface area contributed by atoms with Gasteiger partial charge in [0.2, 0.25) is 5.91 Å². The van der Waals surface area contributed by atoms with Gasteiger partial charge in [-0.3, -0.25) is 4.79 Å². The lowest BCUT2D eigenvalue weighted by molar-refractivity contribution is -0.123. The lowest BCUT2D eigenvalue weighted by Gasteiger charge is -2.28. The number of amides is 1. The standard InChI is InChI=1S/C15H28N2O2S/c1-20-14-4-2-12(3-5-14)17-15(18)8-11-19-13-6-9-16-10-7-13/h12-14,16H,2-11H2,1H3,(H,17,18). The SMILES string of the molecule is CSC1CCC(NC(=O)CCOC2CCNCC2)CC1. The van der Waals surface area contributed by atoms with Gasteiger partial charge >= 0.3 is 0 Å². The highest BCUT2D eigenvalue weighted by molar-refractivity contribution is 7.99. The second kappa shape index (κ2) is 8.90. The van der Waals surface area contributed by atoms with Crippen molar-refractivity contribution in [2.45, 2.75) is 62.3 Å². The predicted molar refractivity (Wildman–Crippen MR) is 84.2 cm³/mol. The quantitative estimate of drug-likeness (QED) is 0.787. The molecular formula is C15H28N2O2S. The molecule has 4 nitrogen and oxygen atoms in total. The molecule has 0 aromatic heterocycles. The summed E-state index contributed by atoms with van der Waals surface area (Å²) in [5.41, 5.74) is 0. The molecule has 2 aliphatic rings. The number of rotatable bonds is 6. The Labute approximate surface area is 126 Å². The zero-order valence-electron chi connectivity index (χ0n) is 12.5. The summed E-state index contributed by atoms with van der Waals surface area (Å²) in [5, 5.41) is 7.27. The Morgan fingerprint density at radius 1 is 1.20 bits per heavy atom. The smallest absolute Gasteiger partial charge is 0.222 e. The molecule has 0 atom stereocenters. The molecule has 5 heteroatoms. The van der Waals surface area contributed by atoms with E-state index in [0.29, 0.717) is 25.2 Å². The summed E-state index contributed by atoms with van der Waals surface area (Å²) in [6.07, 6.45) is 9.91. The lowest BCUT2D eigenvalue weighted by Crippen LogP contribution is -2.39. The number of carbonyl (C=O) groups excluding carboxylic acids is 1. The first-order chi connectivity index (χ1) is 9.78. The monoisotopic (exact) mass is 300 g/mol. The van der Waals surface area contributed by atoms with Gasteiger partial charge in [-0.15, -0.1) is 0 Å². The first kappa shape index (κ1) is 16.1. The van der Waals surface area contributed by atoms with Gasteiger partial charge in [-0.05, 0) is 57.9 Å². The van der Waals surface area contributed by atoms with Crippen LogP contribution in [-0.2, 0) is 9.53 Å². The van der Waals surface area contributed by atoms with E-state index in [2.05, 4.69) is 16.9 Å². The van der Waals surface area contributed by atoms with Crippen LogP contribution in [0.2, 0.25) is 0 Å². The molecule has 2 N–H and O–H groups in total. The molecule has 0 aromatic rings. The fourth-order valence-corrected chi connectivity index (χ4v) is 3.77. The van der Waals surface area contributed by atoms with Crippen LogP contribution in [0.5, 0.6) is 0 Å². The maximum Gasteiger partial charge on any atom is 0.222 e. The Kier molecular flexibility index (Phi) is 7.17. The fraction of sp³-hybridized carbons (Fsp3) is 0.933. The van der Waals surface area contributed by atoms with E-state index in [1.807, 2.05) is 11.8 Å². The van der Waals surface area contributed by atoms with Crippen molar-refractivity contribution in [2.75, 3.05) is 26.0 Å². The molecular weight excluding hydrogens is 272 g/mol. The van der Waals surface area contributed by atoms with Crippen molar-refractivity contribution >= 4 is 17.7 Å². The van der Waals surface area contributed by atoms with Gasteiger partial charge in [-0.25, -0.2) is 0 Å². The second-order valence-corrected chi connectivity index (χ2v) is 6.99. The van der Waals surface area contributed by atoms with Gasteiger partial charge in [0.05, 0.1) is 12.7 Å². The van der Waals surface area contributed by atoms with Crippen LogP contribution in [0.4, 0.5) is 0 Å². The van der Waals surface area contributed by atoms with Crippen LogP contribution in [0.15, 0.2) is 0 Å². The lowest BCUT2D eigenvalue weighted by atomic mass is 9.95. The zero-order chi connectivity index (χ0) is 14.2. The molecule has 1 aliphatic carbocycles. The molecule has 2 fully saturated rings. The number of thioether (sulfide) groups is 1. The topological polar surface area (TPSA) is 50.4 Å². The van der Waals surface area contributed by atoms with E-state index in [4.69, 9.17) is 4.74 Å². The van der Waals surface area contributed by atoms with Crippen molar-refractivity contribution in [2.24, 2.45) is 0 Å². The van der Waals surface area contributed by atoms with Crippen LogP contribution >= 0.6 is 11.8 Å². The summed E-state index contributed by atoms with van der Waals surface area (Å²) in [7, 11) is 0. The van der Waals surface area contributed by atoms with Crippen molar-refractivity contribution in [3.05, 3.63) is 0 Å². The molecule has 0 spiro atoms.